The highest BCUT2D eigenvalue weighted by molar-refractivity contribution is 6.02. The van der Waals surface area contributed by atoms with E-state index in [0.29, 0.717) is 12.5 Å². The molecule has 0 aliphatic rings. The van der Waals surface area contributed by atoms with Gasteiger partial charge in [-0.2, -0.15) is 0 Å². The number of nitrogen functional groups attached to an aromatic ring is 1. The lowest BCUT2D eigenvalue weighted by Crippen LogP contribution is -2.04. The molecule has 0 unspecified atom stereocenters. The highest BCUT2D eigenvalue weighted by Gasteiger charge is 2.12. The van der Waals surface area contributed by atoms with Gasteiger partial charge in [0.05, 0.1) is 23.8 Å². The number of aromatic nitrogens is 4. The minimum absolute atomic E-state index is 0.500. The number of imidazole rings is 1. The molecule has 0 bridgehead atoms. The molecule has 0 saturated heterocycles. The van der Waals surface area contributed by atoms with Crippen LogP contribution in [0.1, 0.15) is 5.56 Å². The lowest BCUT2D eigenvalue weighted by molar-refractivity contribution is 0.838. The number of hydrogen-bond acceptors (Lipinski definition) is 4. The molecule has 4 rings (SSSR count). The smallest absolute Gasteiger partial charge is 0.201 e. The second kappa shape index (κ2) is 4.56. The Balaban J connectivity index is 1.99. The molecule has 0 fully saturated rings. The monoisotopic (exact) mass is 275 g/mol. The van der Waals surface area contributed by atoms with Gasteiger partial charge in [0.15, 0.2) is 0 Å². The van der Waals surface area contributed by atoms with Crippen molar-refractivity contribution in [1.29, 1.82) is 0 Å². The van der Waals surface area contributed by atoms with Crippen molar-refractivity contribution in [3.63, 3.8) is 0 Å². The van der Waals surface area contributed by atoms with E-state index in [4.69, 9.17) is 5.73 Å². The number of fused-ring (bicyclic) bond motifs is 3. The number of nitrogens with zero attached hydrogens (tertiary/aromatic N) is 4. The van der Waals surface area contributed by atoms with Gasteiger partial charge < -0.3 is 10.3 Å². The molecule has 3 heterocycles. The molecule has 4 aromatic rings. The molecule has 1 aromatic carbocycles. The van der Waals surface area contributed by atoms with Gasteiger partial charge in [0.2, 0.25) is 5.95 Å². The first-order chi connectivity index (χ1) is 10.3. The fourth-order valence-electron chi connectivity index (χ4n) is 2.61. The van der Waals surface area contributed by atoms with Gasteiger partial charge in [0.1, 0.15) is 5.52 Å². The van der Waals surface area contributed by atoms with Crippen molar-refractivity contribution in [3.05, 3.63) is 60.6 Å². The average Bonchev–Trinajstić information content (AvgIpc) is 2.85. The number of nitrogens with two attached hydrogens (primary N) is 1. The van der Waals surface area contributed by atoms with E-state index in [9.17, 15) is 0 Å². The molecule has 0 aliphatic heterocycles. The Morgan fingerprint density at radius 3 is 2.67 bits per heavy atom. The summed E-state index contributed by atoms with van der Waals surface area (Å²) in [6, 6.07) is 12.0. The highest BCUT2D eigenvalue weighted by atomic mass is 15.2. The van der Waals surface area contributed by atoms with Gasteiger partial charge in [0.25, 0.3) is 0 Å². The quantitative estimate of drug-likeness (QED) is 0.610. The average molecular weight is 275 g/mol. The fraction of sp³-hybridized carbons (Fsp3) is 0.0625. The Labute approximate surface area is 121 Å². The van der Waals surface area contributed by atoms with E-state index in [2.05, 4.69) is 21.0 Å². The van der Waals surface area contributed by atoms with Gasteiger partial charge in [-0.1, -0.05) is 18.2 Å². The zero-order valence-electron chi connectivity index (χ0n) is 11.3. The Hall–Kier alpha value is -2.95. The number of hydrogen-bond donors (Lipinski definition) is 1. The van der Waals surface area contributed by atoms with Crippen LogP contribution >= 0.6 is 0 Å². The van der Waals surface area contributed by atoms with Gasteiger partial charge >= 0.3 is 0 Å². The third-order valence-electron chi connectivity index (χ3n) is 3.60. The summed E-state index contributed by atoms with van der Waals surface area (Å²) in [6.07, 6.45) is 5.34. The van der Waals surface area contributed by atoms with Crippen LogP contribution in [0.25, 0.3) is 21.9 Å². The topological polar surface area (TPSA) is 69.6 Å². The number of benzene rings is 1. The molecule has 21 heavy (non-hydrogen) atoms. The Bertz CT molecular complexity index is 927. The summed E-state index contributed by atoms with van der Waals surface area (Å²) in [4.78, 5) is 12.9. The molecule has 0 amide bonds. The molecule has 5 heteroatoms. The predicted octanol–water partition coefficient (Wildman–Crippen LogP) is 2.61. The lowest BCUT2D eigenvalue weighted by atomic mass is 10.2. The molecule has 3 aromatic heterocycles. The Kier molecular flexibility index (Phi) is 2.57. The summed E-state index contributed by atoms with van der Waals surface area (Å²) >= 11 is 0. The first kappa shape index (κ1) is 11.8. The number of pyridine rings is 2. The van der Waals surface area contributed by atoms with E-state index in [0.717, 1.165) is 27.5 Å². The molecule has 0 atom stereocenters. The van der Waals surface area contributed by atoms with Crippen LogP contribution in [0.15, 0.2) is 55.0 Å². The summed E-state index contributed by atoms with van der Waals surface area (Å²) < 4.78 is 2.02. The van der Waals surface area contributed by atoms with Crippen molar-refractivity contribution in [2.24, 2.45) is 0 Å². The second-order valence-corrected chi connectivity index (χ2v) is 4.92. The van der Waals surface area contributed by atoms with E-state index in [-0.39, 0.29) is 0 Å². The van der Waals surface area contributed by atoms with Crippen LogP contribution in [0.4, 0.5) is 5.95 Å². The second-order valence-electron chi connectivity index (χ2n) is 4.92. The molecule has 5 nitrogen and oxygen atoms in total. The SMILES string of the molecule is Nc1nc2cnc3ccccc3c2n1Cc1ccncc1. The normalized spacial score (nSPS) is 11.2. The summed E-state index contributed by atoms with van der Waals surface area (Å²) in [7, 11) is 0. The maximum atomic E-state index is 6.10. The number of anilines is 1. The van der Waals surface area contributed by atoms with E-state index in [1.807, 2.05) is 34.9 Å². The van der Waals surface area contributed by atoms with Crippen LogP contribution < -0.4 is 5.73 Å². The minimum atomic E-state index is 0.500. The minimum Gasteiger partial charge on any atom is -0.369 e. The van der Waals surface area contributed by atoms with Crippen LogP contribution in [0.3, 0.4) is 0 Å². The molecule has 0 saturated carbocycles. The van der Waals surface area contributed by atoms with Crippen molar-refractivity contribution >= 4 is 27.9 Å². The van der Waals surface area contributed by atoms with E-state index >= 15 is 0 Å². The van der Waals surface area contributed by atoms with Gasteiger partial charge in [0, 0.05) is 17.8 Å². The third-order valence-corrected chi connectivity index (χ3v) is 3.60. The van der Waals surface area contributed by atoms with E-state index in [1.54, 1.807) is 18.6 Å². The van der Waals surface area contributed by atoms with Crippen LogP contribution in [-0.2, 0) is 6.54 Å². The predicted molar refractivity (Wildman–Crippen MR) is 82.8 cm³/mol. The van der Waals surface area contributed by atoms with Crippen LogP contribution in [0.5, 0.6) is 0 Å². The maximum absolute atomic E-state index is 6.10. The Morgan fingerprint density at radius 1 is 1.00 bits per heavy atom. The first-order valence-corrected chi connectivity index (χ1v) is 6.71. The van der Waals surface area contributed by atoms with Crippen LogP contribution in [-0.4, -0.2) is 19.5 Å². The standard InChI is InChI=1S/C16H13N5/c17-16-20-14-9-19-13-4-2-1-3-12(13)15(14)21(16)10-11-5-7-18-8-6-11/h1-9H,10H2,(H2,17,20). The molecule has 0 aliphatic carbocycles. The van der Waals surface area contributed by atoms with Crippen molar-refractivity contribution < 1.29 is 0 Å². The molecule has 0 spiro atoms. The third kappa shape index (κ3) is 1.90. The Morgan fingerprint density at radius 2 is 1.81 bits per heavy atom. The van der Waals surface area contributed by atoms with E-state index in [1.165, 1.54) is 0 Å². The molecular formula is C16H13N5. The van der Waals surface area contributed by atoms with Gasteiger partial charge in [-0.15, -0.1) is 0 Å². The van der Waals surface area contributed by atoms with Crippen LogP contribution in [0, 0.1) is 0 Å². The zero-order chi connectivity index (χ0) is 14.2. The van der Waals surface area contributed by atoms with Crippen molar-refractivity contribution in [2.75, 3.05) is 5.73 Å². The molecule has 102 valence electrons. The van der Waals surface area contributed by atoms with Crippen molar-refractivity contribution in [3.8, 4) is 0 Å². The largest absolute Gasteiger partial charge is 0.369 e. The van der Waals surface area contributed by atoms with Gasteiger partial charge in [-0.05, 0) is 23.8 Å². The van der Waals surface area contributed by atoms with Crippen LogP contribution in [0.2, 0.25) is 0 Å². The zero-order valence-corrected chi connectivity index (χ0v) is 11.3. The highest BCUT2D eigenvalue weighted by Crippen LogP contribution is 2.26. The van der Waals surface area contributed by atoms with Gasteiger partial charge in [-0.3, -0.25) is 9.97 Å². The number of rotatable bonds is 2. The molecule has 2 N–H and O–H groups in total. The summed E-state index contributed by atoms with van der Waals surface area (Å²) in [6.45, 7) is 0.666. The van der Waals surface area contributed by atoms with Gasteiger partial charge in [-0.25, -0.2) is 4.98 Å². The molecular weight excluding hydrogens is 262 g/mol. The molecule has 0 radical (unpaired) electrons. The lowest BCUT2D eigenvalue weighted by Gasteiger charge is -2.08. The number of para-hydroxylation sites is 1. The summed E-state index contributed by atoms with van der Waals surface area (Å²) in [5, 5.41) is 1.06. The first-order valence-electron chi connectivity index (χ1n) is 6.71. The fourth-order valence-corrected chi connectivity index (χ4v) is 2.61. The van der Waals surface area contributed by atoms with Crippen molar-refractivity contribution in [1.82, 2.24) is 19.5 Å². The summed E-state index contributed by atoms with van der Waals surface area (Å²) in [5.74, 6) is 0.500. The summed E-state index contributed by atoms with van der Waals surface area (Å²) in [5.41, 5.74) is 10.0. The van der Waals surface area contributed by atoms with E-state index < -0.39 is 0 Å². The van der Waals surface area contributed by atoms with Crippen molar-refractivity contribution in [2.45, 2.75) is 6.54 Å². The maximum Gasteiger partial charge on any atom is 0.201 e.